The maximum absolute atomic E-state index is 11.1. The van der Waals surface area contributed by atoms with E-state index in [0.717, 1.165) is 31.9 Å². The second-order valence-electron chi connectivity index (χ2n) is 4.42. The first-order valence-electron chi connectivity index (χ1n) is 5.59. The Morgan fingerprint density at radius 1 is 1.56 bits per heavy atom. The Hall–Kier alpha value is -1.56. The van der Waals surface area contributed by atoms with Crippen molar-refractivity contribution in [3.8, 4) is 0 Å². The van der Waals surface area contributed by atoms with Gasteiger partial charge in [0.15, 0.2) is 5.69 Å². The van der Waals surface area contributed by atoms with Gasteiger partial charge in [-0.15, -0.1) is 0 Å². The molecule has 0 spiro atoms. The summed E-state index contributed by atoms with van der Waals surface area (Å²) < 4.78 is 1.93. The van der Waals surface area contributed by atoms with E-state index in [0.29, 0.717) is 17.7 Å². The molecule has 2 atom stereocenters. The summed E-state index contributed by atoms with van der Waals surface area (Å²) in [4.78, 5) is 11.1. The van der Waals surface area contributed by atoms with E-state index in [1.54, 1.807) is 6.07 Å². The Bertz CT molecular complexity index is 427. The molecule has 6 nitrogen and oxygen atoms in total. The molecule has 0 bridgehead atoms. The summed E-state index contributed by atoms with van der Waals surface area (Å²) in [5.41, 5.74) is 5.59. The number of amides is 1. The van der Waals surface area contributed by atoms with Crippen LogP contribution in [0.25, 0.3) is 0 Å². The number of aromatic nitrogens is 2. The number of primary amides is 1. The molecule has 2 aliphatic heterocycles. The first-order chi connectivity index (χ1) is 7.75. The Balaban J connectivity index is 1.97. The number of anilines is 1. The van der Waals surface area contributed by atoms with E-state index in [4.69, 9.17) is 5.73 Å². The van der Waals surface area contributed by atoms with E-state index in [2.05, 4.69) is 15.7 Å². The fourth-order valence-corrected chi connectivity index (χ4v) is 2.57. The molecule has 0 radical (unpaired) electrons. The highest BCUT2D eigenvalue weighted by molar-refractivity contribution is 5.91. The number of fused-ring (bicyclic) bond motifs is 3. The van der Waals surface area contributed by atoms with Crippen molar-refractivity contribution >= 4 is 11.7 Å². The highest BCUT2D eigenvalue weighted by Crippen LogP contribution is 2.32. The number of nitrogens with two attached hydrogens (primary N) is 1. The molecule has 3 heterocycles. The molecule has 1 aromatic heterocycles. The molecule has 1 amide bonds. The Morgan fingerprint density at radius 3 is 3.25 bits per heavy atom. The van der Waals surface area contributed by atoms with E-state index in [9.17, 15) is 4.79 Å². The van der Waals surface area contributed by atoms with E-state index in [1.807, 2.05) is 4.68 Å². The lowest BCUT2D eigenvalue weighted by atomic mass is 9.92. The largest absolute Gasteiger partial charge is 0.370 e. The van der Waals surface area contributed by atoms with Crippen molar-refractivity contribution < 1.29 is 4.79 Å². The number of carbonyl (C=O) groups is 1. The molecular weight excluding hydrogens is 206 g/mol. The van der Waals surface area contributed by atoms with Gasteiger partial charge in [-0.25, -0.2) is 4.68 Å². The van der Waals surface area contributed by atoms with Crippen molar-refractivity contribution in [3.05, 3.63) is 11.8 Å². The predicted octanol–water partition coefficient (Wildman–Crippen LogP) is -0.442. The Kier molecular flexibility index (Phi) is 2.10. The van der Waals surface area contributed by atoms with Crippen LogP contribution in [-0.2, 0) is 0 Å². The van der Waals surface area contributed by atoms with Gasteiger partial charge in [0.05, 0.1) is 6.04 Å². The van der Waals surface area contributed by atoms with Crippen LogP contribution < -0.4 is 16.4 Å². The zero-order chi connectivity index (χ0) is 11.1. The Morgan fingerprint density at radius 2 is 2.44 bits per heavy atom. The lowest BCUT2D eigenvalue weighted by molar-refractivity contribution is 0.0993. The summed E-state index contributed by atoms with van der Waals surface area (Å²) >= 11 is 0. The maximum atomic E-state index is 11.1. The molecule has 1 saturated heterocycles. The van der Waals surface area contributed by atoms with Crippen LogP contribution in [0.2, 0.25) is 0 Å². The number of nitrogens with one attached hydrogen (secondary N) is 2. The zero-order valence-corrected chi connectivity index (χ0v) is 8.94. The van der Waals surface area contributed by atoms with Gasteiger partial charge < -0.3 is 16.4 Å². The van der Waals surface area contributed by atoms with Crippen molar-refractivity contribution in [1.29, 1.82) is 0 Å². The molecule has 1 fully saturated rings. The van der Waals surface area contributed by atoms with Gasteiger partial charge in [-0.05, 0) is 13.0 Å². The first-order valence-corrected chi connectivity index (χ1v) is 5.59. The van der Waals surface area contributed by atoms with E-state index in [-0.39, 0.29) is 0 Å². The molecular formula is C10H15N5O. The molecule has 0 saturated carbocycles. The van der Waals surface area contributed by atoms with Gasteiger partial charge in [-0.2, -0.15) is 5.10 Å². The van der Waals surface area contributed by atoms with Gasteiger partial charge >= 0.3 is 0 Å². The van der Waals surface area contributed by atoms with Gasteiger partial charge in [0.25, 0.3) is 5.91 Å². The fourth-order valence-electron chi connectivity index (χ4n) is 2.57. The minimum atomic E-state index is -0.464. The van der Waals surface area contributed by atoms with Crippen LogP contribution >= 0.6 is 0 Å². The summed E-state index contributed by atoms with van der Waals surface area (Å²) in [6.45, 7) is 2.94. The quantitative estimate of drug-likeness (QED) is 0.600. The normalized spacial score (nSPS) is 27.8. The third-order valence-corrected chi connectivity index (χ3v) is 3.42. The van der Waals surface area contributed by atoms with Crippen LogP contribution in [-0.4, -0.2) is 35.3 Å². The fraction of sp³-hybridized carbons (Fsp3) is 0.600. The maximum Gasteiger partial charge on any atom is 0.269 e. The number of carbonyl (C=O) groups excluding carboxylic acids is 1. The monoisotopic (exact) mass is 221 g/mol. The number of piperidine rings is 1. The zero-order valence-electron chi connectivity index (χ0n) is 8.94. The van der Waals surface area contributed by atoms with Gasteiger partial charge in [0.1, 0.15) is 5.82 Å². The topological polar surface area (TPSA) is 85.0 Å². The third kappa shape index (κ3) is 1.37. The van der Waals surface area contributed by atoms with Gasteiger partial charge in [0, 0.05) is 25.1 Å². The number of hydrogen-bond acceptors (Lipinski definition) is 4. The molecule has 0 aliphatic carbocycles. The molecule has 0 aromatic carbocycles. The molecule has 4 N–H and O–H groups in total. The molecule has 1 aromatic rings. The summed E-state index contributed by atoms with van der Waals surface area (Å²) in [5.74, 6) is 0.994. The van der Waals surface area contributed by atoms with Crippen molar-refractivity contribution in [2.75, 3.05) is 25.0 Å². The standard InChI is InChI=1S/C10H15N5O/c11-10(16)7-3-9-13-5-6-4-12-2-1-8(6)15(9)14-7/h3,6,8,12-13H,1-2,4-5H2,(H2,11,16). The minimum Gasteiger partial charge on any atom is -0.370 e. The van der Waals surface area contributed by atoms with Gasteiger partial charge in [-0.3, -0.25) is 4.79 Å². The van der Waals surface area contributed by atoms with Crippen molar-refractivity contribution in [3.63, 3.8) is 0 Å². The van der Waals surface area contributed by atoms with Crippen LogP contribution in [0.3, 0.4) is 0 Å². The van der Waals surface area contributed by atoms with E-state index in [1.165, 1.54) is 0 Å². The summed E-state index contributed by atoms with van der Waals surface area (Å²) in [5, 5.41) is 10.9. The minimum absolute atomic E-state index is 0.349. The van der Waals surface area contributed by atoms with E-state index < -0.39 is 5.91 Å². The number of rotatable bonds is 1. The predicted molar refractivity (Wildman–Crippen MR) is 59.2 cm³/mol. The number of hydrogen-bond donors (Lipinski definition) is 3. The lowest BCUT2D eigenvalue weighted by Gasteiger charge is -2.37. The molecule has 16 heavy (non-hydrogen) atoms. The van der Waals surface area contributed by atoms with Crippen molar-refractivity contribution in [2.24, 2.45) is 11.7 Å². The highest BCUT2D eigenvalue weighted by Gasteiger charge is 2.32. The van der Waals surface area contributed by atoms with Crippen LogP contribution in [0.15, 0.2) is 6.07 Å². The lowest BCUT2D eigenvalue weighted by Crippen LogP contribution is -2.44. The van der Waals surface area contributed by atoms with Crippen molar-refractivity contribution in [1.82, 2.24) is 15.1 Å². The molecule has 3 rings (SSSR count). The summed E-state index contributed by atoms with van der Waals surface area (Å²) in [6.07, 6.45) is 1.05. The molecule has 6 heteroatoms. The summed E-state index contributed by atoms with van der Waals surface area (Å²) in [7, 11) is 0. The highest BCUT2D eigenvalue weighted by atomic mass is 16.1. The molecule has 2 aliphatic rings. The molecule has 2 unspecified atom stereocenters. The molecule has 86 valence electrons. The average Bonchev–Trinajstić information content (AvgIpc) is 2.73. The van der Waals surface area contributed by atoms with Gasteiger partial charge in [0.2, 0.25) is 0 Å². The van der Waals surface area contributed by atoms with Gasteiger partial charge in [-0.1, -0.05) is 0 Å². The SMILES string of the molecule is NC(=O)c1cc2n(n1)C1CCNCC1CN2. The average molecular weight is 221 g/mol. The van der Waals surface area contributed by atoms with Crippen LogP contribution in [0, 0.1) is 5.92 Å². The van der Waals surface area contributed by atoms with Crippen LogP contribution in [0.4, 0.5) is 5.82 Å². The Labute approximate surface area is 93.2 Å². The van der Waals surface area contributed by atoms with Crippen LogP contribution in [0.1, 0.15) is 23.0 Å². The second kappa shape index (κ2) is 3.48. The third-order valence-electron chi connectivity index (χ3n) is 3.42. The summed E-state index contributed by atoms with van der Waals surface area (Å²) in [6, 6.07) is 2.13. The number of nitrogens with zero attached hydrogens (tertiary/aromatic N) is 2. The van der Waals surface area contributed by atoms with E-state index >= 15 is 0 Å². The van der Waals surface area contributed by atoms with Crippen molar-refractivity contribution in [2.45, 2.75) is 12.5 Å². The van der Waals surface area contributed by atoms with Crippen LogP contribution in [0.5, 0.6) is 0 Å². The smallest absolute Gasteiger partial charge is 0.269 e. The first kappa shape index (κ1) is 9.65. The second-order valence-corrected chi connectivity index (χ2v) is 4.42.